The van der Waals surface area contributed by atoms with Gasteiger partial charge in [0.15, 0.2) is 5.96 Å². The molecule has 1 atom stereocenters. The van der Waals surface area contributed by atoms with Gasteiger partial charge in [0.05, 0.1) is 13.2 Å². The third-order valence-electron chi connectivity index (χ3n) is 3.61. The summed E-state index contributed by atoms with van der Waals surface area (Å²) in [6.45, 7) is 12.7. The summed E-state index contributed by atoms with van der Waals surface area (Å²) in [4.78, 5) is 7.17. The molecule has 1 saturated heterocycles. The number of nitrogens with one attached hydrogen (secondary N) is 1. The van der Waals surface area contributed by atoms with E-state index in [-0.39, 0.29) is 24.0 Å². The second-order valence-corrected chi connectivity index (χ2v) is 7.14. The van der Waals surface area contributed by atoms with Crippen LogP contribution in [0.2, 0.25) is 0 Å². The van der Waals surface area contributed by atoms with Crippen molar-refractivity contribution in [2.24, 2.45) is 10.9 Å². The Morgan fingerprint density at radius 1 is 1.35 bits per heavy atom. The molecule has 0 spiro atoms. The minimum atomic E-state index is 0. The lowest BCUT2D eigenvalue weighted by Crippen LogP contribution is -2.49. The second kappa shape index (κ2) is 14.6. The van der Waals surface area contributed by atoms with Crippen molar-refractivity contribution in [3.8, 4) is 0 Å². The highest BCUT2D eigenvalue weighted by Crippen LogP contribution is 2.24. The molecular weight excluding hydrogens is 425 g/mol. The fourth-order valence-electron chi connectivity index (χ4n) is 2.29. The SMILES string of the molecule is CCNC(=NCCCOCCOC)N1CCSC(C(C)C)C1.I. The number of hydrogen-bond acceptors (Lipinski definition) is 4. The topological polar surface area (TPSA) is 46.1 Å². The molecule has 1 unspecified atom stereocenters. The zero-order chi connectivity index (χ0) is 16.2. The third-order valence-corrected chi connectivity index (χ3v) is 5.15. The average Bonchev–Trinajstić information content (AvgIpc) is 2.53. The van der Waals surface area contributed by atoms with Crippen LogP contribution in [0.25, 0.3) is 0 Å². The normalized spacial score (nSPS) is 18.9. The highest BCUT2D eigenvalue weighted by Gasteiger charge is 2.24. The smallest absolute Gasteiger partial charge is 0.193 e. The molecule has 1 heterocycles. The molecule has 1 aliphatic heterocycles. The number of methoxy groups -OCH3 is 1. The number of rotatable bonds is 9. The minimum absolute atomic E-state index is 0. The number of aliphatic imine (C=N–C) groups is 1. The first-order chi connectivity index (χ1) is 10.7. The van der Waals surface area contributed by atoms with Crippen molar-refractivity contribution in [3.63, 3.8) is 0 Å². The molecule has 0 radical (unpaired) electrons. The van der Waals surface area contributed by atoms with Crippen LogP contribution in [-0.4, -0.2) is 75.0 Å². The Morgan fingerprint density at radius 2 is 2.13 bits per heavy atom. The Bertz CT molecular complexity index is 320. The summed E-state index contributed by atoms with van der Waals surface area (Å²) in [6.07, 6.45) is 0.953. The summed E-state index contributed by atoms with van der Waals surface area (Å²) in [5, 5.41) is 4.13. The van der Waals surface area contributed by atoms with Gasteiger partial charge in [0.2, 0.25) is 0 Å². The Kier molecular flexibility index (Phi) is 14.8. The molecule has 0 amide bonds. The molecule has 5 nitrogen and oxygen atoms in total. The quantitative estimate of drug-likeness (QED) is 0.249. The molecule has 1 rings (SSSR count). The lowest BCUT2D eigenvalue weighted by atomic mass is 10.1. The molecular formula is C16H34IN3O2S. The number of guanidine groups is 1. The van der Waals surface area contributed by atoms with E-state index in [4.69, 9.17) is 14.5 Å². The first kappa shape index (κ1) is 23.3. The van der Waals surface area contributed by atoms with Crippen LogP contribution in [-0.2, 0) is 9.47 Å². The van der Waals surface area contributed by atoms with Crippen molar-refractivity contribution in [1.82, 2.24) is 10.2 Å². The number of ether oxygens (including phenoxy) is 2. The van der Waals surface area contributed by atoms with Crippen molar-refractivity contribution >= 4 is 41.7 Å². The van der Waals surface area contributed by atoms with Gasteiger partial charge in [-0.3, -0.25) is 4.99 Å². The zero-order valence-corrected chi connectivity index (χ0v) is 18.2. The van der Waals surface area contributed by atoms with Crippen LogP contribution in [0, 0.1) is 5.92 Å². The Labute approximate surface area is 163 Å². The maximum Gasteiger partial charge on any atom is 0.193 e. The summed E-state index contributed by atoms with van der Waals surface area (Å²) in [5.41, 5.74) is 0. The van der Waals surface area contributed by atoms with E-state index in [0.717, 1.165) is 45.2 Å². The zero-order valence-electron chi connectivity index (χ0n) is 15.0. The van der Waals surface area contributed by atoms with Gasteiger partial charge < -0.3 is 19.7 Å². The first-order valence-electron chi connectivity index (χ1n) is 8.40. The van der Waals surface area contributed by atoms with E-state index in [2.05, 4.69) is 42.7 Å². The van der Waals surface area contributed by atoms with Gasteiger partial charge in [-0.05, 0) is 19.3 Å². The fourth-order valence-corrected chi connectivity index (χ4v) is 3.59. The van der Waals surface area contributed by atoms with Crippen LogP contribution < -0.4 is 5.32 Å². The molecule has 0 saturated carbocycles. The molecule has 0 aromatic heterocycles. The summed E-state index contributed by atoms with van der Waals surface area (Å²) < 4.78 is 10.4. The van der Waals surface area contributed by atoms with Crippen LogP contribution in [0.3, 0.4) is 0 Å². The van der Waals surface area contributed by atoms with Gasteiger partial charge >= 0.3 is 0 Å². The number of hydrogen-bond donors (Lipinski definition) is 1. The van der Waals surface area contributed by atoms with E-state index in [0.29, 0.717) is 24.4 Å². The monoisotopic (exact) mass is 459 g/mol. The van der Waals surface area contributed by atoms with Crippen LogP contribution in [0.5, 0.6) is 0 Å². The van der Waals surface area contributed by atoms with E-state index >= 15 is 0 Å². The standard InChI is InChI=1S/C16H33N3O2S.HI/c1-5-17-16(18-7-6-9-21-11-10-20-4)19-8-12-22-15(13-19)14(2)3;/h14-15H,5-13H2,1-4H3,(H,17,18);1H. The van der Waals surface area contributed by atoms with Crippen LogP contribution in [0.1, 0.15) is 27.2 Å². The molecule has 1 fully saturated rings. The highest BCUT2D eigenvalue weighted by molar-refractivity contribution is 14.0. The highest BCUT2D eigenvalue weighted by atomic mass is 127. The van der Waals surface area contributed by atoms with Crippen molar-refractivity contribution < 1.29 is 9.47 Å². The van der Waals surface area contributed by atoms with Gasteiger partial charge in [-0.25, -0.2) is 0 Å². The minimum Gasteiger partial charge on any atom is -0.382 e. The molecule has 1 aliphatic rings. The van der Waals surface area contributed by atoms with Crippen molar-refractivity contribution in [2.75, 3.05) is 58.9 Å². The molecule has 138 valence electrons. The molecule has 0 aromatic rings. The Morgan fingerprint density at radius 3 is 2.78 bits per heavy atom. The summed E-state index contributed by atoms with van der Waals surface area (Å²) in [7, 11) is 1.69. The number of nitrogens with zero attached hydrogens (tertiary/aromatic N) is 2. The van der Waals surface area contributed by atoms with Gasteiger partial charge in [0.1, 0.15) is 0 Å². The van der Waals surface area contributed by atoms with Gasteiger partial charge in [-0.2, -0.15) is 11.8 Å². The largest absolute Gasteiger partial charge is 0.382 e. The molecule has 1 N–H and O–H groups in total. The van der Waals surface area contributed by atoms with E-state index in [1.807, 2.05) is 0 Å². The Balaban J connectivity index is 0.00000484. The molecule has 7 heteroatoms. The van der Waals surface area contributed by atoms with Gasteiger partial charge in [-0.1, -0.05) is 13.8 Å². The predicted molar refractivity (Wildman–Crippen MR) is 111 cm³/mol. The average molecular weight is 459 g/mol. The van der Waals surface area contributed by atoms with Crippen LogP contribution in [0.15, 0.2) is 4.99 Å². The lowest BCUT2D eigenvalue weighted by molar-refractivity contribution is 0.0702. The number of thioether (sulfide) groups is 1. The maximum atomic E-state index is 5.48. The predicted octanol–water partition coefficient (Wildman–Crippen LogP) is 2.70. The first-order valence-corrected chi connectivity index (χ1v) is 9.45. The molecule has 0 aromatic carbocycles. The summed E-state index contributed by atoms with van der Waals surface area (Å²) in [6, 6.07) is 0. The molecule has 0 aliphatic carbocycles. The van der Waals surface area contributed by atoms with Crippen molar-refractivity contribution in [3.05, 3.63) is 0 Å². The second-order valence-electron chi connectivity index (χ2n) is 5.79. The summed E-state index contributed by atoms with van der Waals surface area (Å²) >= 11 is 2.09. The Hall–Kier alpha value is 0.270. The molecule has 23 heavy (non-hydrogen) atoms. The van der Waals surface area contributed by atoms with Crippen LogP contribution in [0.4, 0.5) is 0 Å². The van der Waals surface area contributed by atoms with Gasteiger partial charge in [0, 0.05) is 50.9 Å². The van der Waals surface area contributed by atoms with Gasteiger partial charge in [-0.15, -0.1) is 24.0 Å². The number of halogens is 1. The van der Waals surface area contributed by atoms with E-state index < -0.39 is 0 Å². The fraction of sp³-hybridized carbons (Fsp3) is 0.938. The van der Waals surface area contributed by atoms with Gasteiger partial charge in [0.25, 0.3) is 0 Å². The van der Waals surface area contributed by atoms with Crippen molar-refractivity contribution in [2.45, 2.75) is 32.4 Å². The summed E-state index contributed by atoms with van der Waals surface area (Å²) in [5.74, 6) is 2.96. The third kappa shape index (κ3) is 9.99. The lowest BCUT2D eigenvalue weighted by Gasteiger charge is -2.36. The maximum absolute atomic E-state index is 5.48. The van der Waals surface area contributed by atoms with E-state index in [1.165, 1.54) is 5.75 Å². The van der Waals surface area contributed by atoms with E-state index in [1.54, 1.807) is 7.11 Å². The van der Waals surface area contributed by atoms with Crippen molar-refractivity contribution in [1.29, 1.82) is 0 Å². The van der Waals surface area contributed by atoms with Crippen LogP contribution >= 0.6 is 35.7 Å². The van der Waals surface area contributed by atoms with E-state index in [9.17, 15) is 0 Å². The molecule has 0 bridgehead atoms.